The Kier molecular flexibility index (Phi) is 8.28. The average molecular weight is 447 g/mol. The van der Waals surface area contributed by atoms with Crippen molar-refractivity contribution in [1.82, 2.24) is 15.6 Å². The Bertz CT molecular complexity index is 1050. The smallest absolute Gasteiger partial charge is 0.251 e. The second-order valence-corrected chi connectivity index (χ2v) is 8.76. The van der Waals surface area contributed by atoms with E-state index in [9.17, 15) is 4.79 Å². The van der Waals surface area contributed by atoms with E-state index in [0.29, 0.717) is 18.5 Å². The zero-order valence-electron chi connectivity index (χ0n) is 19.1. The van der Waals surface area contributed by atoms with Crippen LogP contribution in [0.3, 0.4) is 0 Å². The summed E-state index contributed by atoms with van der Waals surface area (Å²) in [6.07, 6.45) is 5.58. The summed E-state index contributed by atoms with van der Waals surface area (Å²) in [5, 5.41) is 20.0. The third kappa shape index (κ3) is 6.30. The summed E-state index contributed by atoms with van der Waals surface area (Å²) in [5.41, 5.74) is 4.53. The number of aliphatic hydroxyl groups is 1. The third-order valence-electron chi connectivity index (χ3n) is 6.28. The number of piperidine rings is 1. The van der Waals surface area contributed by atoms with Crippen molar-refractivity contribution >= 4 is 22.5 Å². The number of aromatic nitrogens is 1. The number of rotatable bonds is 10. The van der Waals surface area contributed by atoms with E-state index in [4.69, 9.17) is 10.1 Å². The highest BCUT2D eigenvalue weighted by molar-refractivity contribution is 5.96. The topological polar surface area (TPSA) is 86.3 Å². The highest BCUT2D eigenvalue weighted by Gasteiger charge is 2.13. The Morgan fingerprint density at radius 2 is 1.94 bits per heavy atom. The molecule has 0 saturated carbocycles. The Morgan fingerprint density at radius 1 is 1.09 bits per heavy atom. The van der Waals surface area contributed by atoms with Gasteiger partial charge in [0.05, 0.1) is 11.2 Å². The maximum Gasteiger partial charge on any atom is 0.251 e. The predicted molar refractivity (Wildman–Crippen MR) is 135 cm³/mol. The Morgan fingerprint density at radius 3 is 2.73 bits per heavy atom. The molecular formula is C27H34N4O2. The summed E-state index contributed by atoms with van der Waals surface area (Å²) in [6, 6.07) is 17.9. The highest BCUT2D eigenvalue weighted by atomic mass is 16.3. The van der Waals surface area contributed by atoms with Gasteiger partial charge < -0.3 is 21.1 Å². The van der Waals surface area contributed by atoms with Crippen LogP contribution in [0.1, 0.15) is 42.5 Å². The molecule has 1 aliphatic rings. The zero-order chi connectivity index (χ0) is 22.9. The van der Waals surface area contributed by atoms with Crippen molar-refractivity contribution in [3.05, 3.63) is 60.2 Å². The fraction of sp³-hybridized carbons (Fsp3) is 0.407. The molecular weight excluding hydrogens is 412 g/mol. The highest BCUT2D eigenvalue weighted by Crippen LogP contribution is 2.29. The number of nitrogens with one attached hydrogen (secondary N) is 3. The molecule has 1 aliphatic heterocycles. The predicted octanol–water partition coefficient (Wildman–Crippen LogP) is 4.21. The van der Waals surface area contributed by atoms with Gasteiger partial charge in [-0.05, 0) is 75.4 Å². The van der Waals surface area contributed by atoms with Crippen LogP contribution in [0.15, 0.2) is 54.6 Å². The molecule has 1 amide bonds. The number of carbonyl (C=O) groups is 1. The molecule has 4 N–H and O–H groups in total. The number of para-hydroxylation sites is 1. The van der Waals surface area contributed by atoms with Crippen LogP contribution in [0, 0.1) is 5.92 Å². The summed E-state index contributed by atoms with van der Waals surface area (Å²) >= 11 is 0. The number of carbonyl (C=O) groups excluding carboxylic acids is 1. The SMILES string of the molecule is O=C(NCCCO)c1ccc(-c2cc(NCCCC3CCCNC3)c3ccccc3n2)cc1. The molecule has 33 heavy (non-hydrogen) atoms. The normalized spacial score (nSPS) is 16.0. The van der Waals surface area contributed by atoms with Crippen LogP contribution in [0.4, 0.5) is 5.69 Å². The number of hydrogen-bond acceptors (Lipinski definition) is 5. The minimum absolute atomic E-state index is 0.0704. The fourth-order valence-electron chi connectivity index (χ4n) is 4.43. The van der Waals surface area contributed by atoms with Gasteiger partial charge >= 0.3 is 0 Å². The first kappa shape index (κ1) is 23.2. The van der Waals surface area contributed by atoms with Crippen molar-refractivity contribution < 1.29 is 9.90 Å². The van der Waals surface area contributed by atoms with Gasteiger partial charge in [-0.2, -0.15) is 0 Å². The molecule has 1 unspecified atom stereocenters. The van der Waals surface area contributed by atoms with Gasteiger partial charge in [0.2, 0.25) is 0 Å². The van der Waals surface area contributed by atoms with E-state index in [1.54, 1.807) is 0 Å². The number of nitrogens with zero attached hydrogens (tertiary/aromatic N) is 1. The van der Waals surface area contributed by atoms with Gasteiger partial charge in [0.25, 0.3) is 5.91 Å². The molecule has 3 aromatic rings. The molecule has 2 heterocycles. The lowest BCUT2D eigenvalue weighted by Crippen LogP contribution is -2.29. The lowest BCUT2D eigenvalue weighted by molar-refractivity contribution is 0.0951. The van der Waals surface area contributed by atoms with Gasteiger partial charge in [0.15, 0.2) is 0 Å². The van der Waals surface area contributed by atoms with Gasteiger partial charge in [0.1, 0.15) is 0 Å². The summed E-state index contributed by atoms with van der Waals surface area (Å²) in [5.74, 6) is 0.668. The van der Waals surface area contributed by atoms with Crippen LogP contribution in [0.5, 0.6) is 0 Å². The van der Waals surface area contributed by atoms with E-state index in [-0.39, 0.29) is 12.5 Å². The first-order chi connectivity index (χ1) is 16.2. The van der Waals surface area contributed by atoms with Gasteiger partial charge in [0, 0.05) is 41.9 Å². The van der Waals surface area contributed by atoms with Crippen LogP contribution in [0.2, 0.25) is 0 Å². The van der Waals surface area contributed by atoms with Gasteiger partial charge in [-0.15, -0.1) is 0 Å². The molecule has 0 spiro atoms. The first-order valence-corrected chi connectivity index (χ1v) is 12.1. The molecule has 0 aliphatic carbocycles. The van der Waals surface area contributed by atoms with E-state index >= 15 is 0 Å². The van der Waals surface area contributed by atoms with Crippen LogP contribution < -0.4 is 16.0 Å². The Hall–Kier alpha value is -2.96. The molecule has 1 saturated heterocycles. The summed E-state index contributed by atoms with van der Waals surface area (Å²) in [6.45, 7) is 3.79. The summed E-state index contributed by atoms with van der Waals surface area (Å²) in [7, 11) is 0. The number of pyridine rings is 1. The van der Waals surface area contributed by atoms with Crippen molar-refractivity contribution in [2.75, 3.05) is 38.1 Å². The fourth-order valence-corrected chi connectivity index (χ4v) is 4.43. The van der Waals surface area contributed by atoms with Crippen molar-refractivity contribution in [3.63, 3.8) is 0 Å². The maximum atomic E-state index is 12.2. The minimum Gasteiger partial charge on any atom is -0.396 e. The molecule has 2 aromatic carbocycles. The Balaban J connectivity index is 1.46. The molecule has 6 nitrogen and oxygen atoms in total. The van der Waals surface area contributed by atoms with Crippen molar-refractivity contribution in [3.8, 4) is 11.3 Å². The molecule has 0 bridgehead atoms. The van der Waals surface area contributed by atoms with Crippen molar-refractivity contribution in [2.45, 2.75) is 32.1 Å². The quantitative estimate of drug-likeness (QED) is 0.351. The van der Waals surface area contributed by atoms with E-state index in [1.807, 2.05) is 42.5 Å². The zero-order valence-corrected chi connectivity index (χ0v) is 19.1. The van der Waals surface area contributed by atoms with Gasteiger partial charge in [-0.25, -0.2) is 4.98 Å². The number of benzene rings is 2. The van der Waals surface area contributed by atoms with Gasteiger partial charge in [-0.1, -0.05) is 30.3 Å². The van der Waals surface area contributed by atoms with Crippen LogP contribution >= 0.6 is 0 Å². The number of fused-ring (bicyclic) bond motifs is 1. The van der Waals surface area contributed by atoms with E-state index in [2.05, 4.69) is 28.1 Å². The van der Waals surface area contributed by atoms with Crippen LogP contribution in [0.25, 0.3) is 22.2 Å². The largest absolute Gasteiger partial charge is 0.396 e. The third-order valence-corrected chi connectivity index (χ3v) is 6.28. The van der Waals surface area contributed by atoms with E-state index < -0.39 is 0 Å². The summed E-state index contributed by atoms with van der Waals surface area (Å²) < 4.78 is 0. The molecule has 1 aromatic heterocycles. The van der Waals surface area contributed by atoms with Gasteiger partial charge in [-0.3, -0.25) is 4.79 Å². The van der Waals surface area contributed by atoms with Crippen molar-refractivity contribution in [2.24, 2.45) is 5.92 Å². The second-order valence-electron chi connectivity index (χ2n) is 8.76. The van der Waals surface area contributed by atoms with Crippen molar-refractivity contribution in [1.29, 1.82) is 0 Å². The summed E-state index contributed by atoms with van der Waals surface area (Å²) in [4.78, 5) is 17.1. The molecule has 4 rings (SSSR count). The number of anilines is 1. The molecule has 0 radical (unpaired) electrons. The molecule has 1 atom stereocenters. The Labute approximate surface area is 195 Å². The molecule has 6 heteroatoms. The average Bonchev–Trinajstić information content (AvgIpc) is 2.87. The van der Waals surface area contributed by atoms with Crippen LogP contribution in [-0.2, 0) is 0 Å². The lowest BCUT2D eigenvalue weighted by Gasteiger charge is -2.22. The molecule has 1 fully saturated rings. The monoisotopic (exact) mass is 446 g/mol. The van der Waals surface area contributed by atoms with E-state index in [0.717, 1.165) is 59.8 Å². The van der Waals surface area contributed by atoms with E-state index in [1.165, 1.54) is 19.3 Å². The number of aliphatic hydroxyl groups excluding tert-OH is 1. The number of amides is 1. The standard InChI is InChI=1S/C27H34N4O2/c32-17-5-16-30-27(33)22-12-10-21(11-13-22)25-18-26(23-8-1-2-9-24(23)31-25)29-15-4-7-20-6-3-14-28-19-20/h1-2,8-13,18,20,28,32H,3-7,14-17,19H2,(H,29,31)(H,30,33). The minimum atomic E-state index is -0.128. The number of hydrogen-bond donors (Lipinski definition) is 4. The van der Waals surface area contributed by atoms with Crippen LogP contribution in [-0.4, -0.2) is 48.8 Å². The lowest BCUT2D eigenvalue weighted by atomic mass is 9.95. The second kappa shape index (κ2) is 11.8. The molecule has 174 valence electrons. The maximum absolute atomic E-state index is 12.2. The first-order valence-electron chi connectivity index (χ1n) is 12.1.